The number of unbranched alkanes of at least 4 members (excludes halogenated alkanes) is 8. The molecule has 510 valence electrons. The normalized spacial score (nSPS) is 10.5. The lowest BCUT2D eigenvalue weighted by Crippen LogP contribution is -2.24. The van der Waals surface area contributed by atoms with Crippen LogP contribution in [-0.4, -0.2) is 93.1 Å². The number of carbonyl (C=O) groups excluding carboxylic acids is 8. The lowest BCUT2D eigenvalue weighted by atomic mass is 10.1. The van der Waals surface area contributed by atoms with Crippen molar-refractivity contribution in [1.82, 2.24) is 0 Å². The van der Waals surface area contributed by atoms with Gasteiger partial charge in [-0.2, -0.15) is 0 Å². The maximum absolute atomic E-state index is 12.3. The zero-order chi connectivity index (χ0) is 70.7. The van der Waals surface area contributed by atoms with Gasteiger partial charge in [0.05, 0.1) is 41.6 Å². The molecule has 0 bridgehead atoms. The predicted molar refractivity (Wildman–Crippen MR) is 362 cm³/mol. The molecule has 0 spiro atoms. The molecule has 20 heteroatoms. The van der Waals surface area contributed by atoms with Crippen LogP contribution in [0.5, 0.6) is 46.0 Å². The molecule has 0 aliphatic carbocycles. The van der Waals surface area contributed by atoms with Crippen molar-refractivity contribution in [3.8, 4) is 46.0 Å². The van der Waals surface area contributed by atoms with E-state index >= 15 is 0 Å². The van der Waals surface area contributed by atoms with Crippen molar-refractivity contribution in [3.05, 3.63) is 239 Å². The minimum Gasteiger partial charge on any atom is -0.508 e. The smallest absolute Gasteiger partial charge is 0.343 e. The summed E-state index contributed by atoms with van der Waals surface area (Å²) in [7, 11) is 0. The van der Waals surface area contributed by atoms with E-state index in [0.29, 0.717) is 13.2 Å². The number of ether oxygens (including phenoxy) is 8. The summed E-state index contributed by atoms with van der Waals surface area (Å²) in [6.07, 6.45) is 10.4. The Hall–Kier alpha value is -11.3. The van der Waals surface area contributed by atoms with Crippen LogP contribution in [0.4, 0.5) is 0 Å². The number of aromatic hydroxyl groups is 4. The summed E-state index contributed by atoms with van der Waals surface area (Å²) in [5.41, 5.74) is 1.24. The van der Waals surface area contributed by atoms with Crippen LogP contribution >= 0.6 is 0 Å². The molecule has 97 heavy (non-hydrogen) atoms. The van der Waals surface area contributed by atoms with Crippen molar-refractivity contribution in [2.45, 2.75) is 124 Å². The average molecular weight is 1330 g/mol. The van der Waals surface area contributed by atoms with Gasteiger partial charge in [-0.05, 0) is 193 Å². The first-order valence-electron chi connectivity index (χ1n) is 31.7. The fraction of sp³-hybridized carbons (Fsp3) is 0.273. The average Bonchev–Trinajstić information content (AvgIpc) is 2.44. The second-order valence-corrected chi connectivity index (χ2v) is 22.8. The first kappa shape index (κ1) is 76.4. The highest BCUT2D eigenvalue weighted by Gasteiger charge is 2.24. The summed E-state index contributed by atoms with van der Waals surface area (Å²) in [5.74, 6) is -3.80. The molecule has 0 aliphatic heterocycles. The highest BCUT2D eigenvalue weighted by Crippen LogP contribution is 2.27. The van der Waals surface area contributed by atoms with Gasteiger partial charge >= 0.3 is 47.8 Å². The molecule has 0 aliphatic rings. The molecule has 0 saturated heterocycles. The first-order chi connectivity index (χ1) is 46.5. The zero-order valence-corrected chi connectivity index (χ0v) is 55.4. The number of carbonyl (C=O) groups is 8. The van der Waals surface area contributed by atoms with E-state index in [-0.39, 0.29) is 96.6 Å². The van der Waals surface area contributed by atoms with Crippen molar-refractivity contribution in [1.29, 1.82) is 0 Å². The zero-order valence-electron chi connectivity index (χ0n) is 55.4. The van der Waals surface area contributed by atoms with Gasteiger partial charge in [0.25, 0.3) is 0 Å². The van der Waals surface area contributed by atoms with Crippen LogP contribution in [0.15, 0.2) is 194 Å². The molecule has 0 unspecified atom stereocenters. The SMILES string of the molecule is CC(C)(C)OC(=O)c1ccccc1OC(=O)c1ccc(O)cc1.CC(C)OC(=O)c1ccccc1OC(=O)c1ccc(O)cc1.CCCCCCCCOC(=O)c1ccccc1OC(=O)c1ccc(O)cc1.CCCCCCOC(=O)c1ccccc1OC(=O)c1ccc(O)cc1. The number of para-hydroxylation sites is 4. The summed E-state index contributed by atoms with van der Waals surface area (Å²) in [5, 5.41) is 37.0. The number of rotatable bonds is 25. The first-order valence-corrected chi connectivity index (χ1v) is 31.7. The standard InChI is InChI=1S/C22H26O5.C20H22O5.C18H18O5.C17H16O5/c1-2-3-4-5-6-9-16-26-22(25)19-10-7-8-11-20(19)27-21(24)17-12-14-18(23)15-13-17;1-2-3-4-7-14-24-20(23)17-8-5-6-9-18(17)25-19(22)15-10-12-16(21)13-11-15;1-18(2,3)23-17(21)14-6-4-5-7-15(14)22-16(20)12-8-10-13(19)11-9-12;1-11(2)21-17(20)14-5-3-4-6-15(14)22-16(19)12-7-9-13(18)10-8-12/h7-8,10-15,23H,2-6,9,16H2,1H3;5-6,8-13,21H,2-4,7,14H2,1H3;4-11,19H,1-3H3;3-11,18H,1-2H3. The Morgan fingerprint density at radius 3 is 0.845 bits per heavy atom. The van der Waals surface area contributed by atoms with Crippen LogP contribution < -0.4 is 18.9 Å². The third-order valence-electron chi connectivity index (χ3n) is 13.4. The molecule has 0 fully saturated rings. The van der Waals surface area contributed by atoms with E-state index in [1.807, 2.05) is 0 Å². The molecule has 0 amide bonds. The second kappa shape index (κ2) is 40.1. The number of phenolic OH excluding ortho intramolecular Hbond substituents is 4. The minimum absolute atomic E-state index is 0.0516. The fourth-order valence-electron chi connectivity index (χ4n) is 8.43. The number of hydrogen-bond acceptors (Lipinski definition) is 20. The van der Waals surface area contributed by atoms with Crippen LogP contribution in [0.25, 0.3) is 0 Å². The van der Waals surface area contributed by atoms with Crippen LogP contribution in [0, 0.1) is 0 Å². The van der Waals surface area contributed by atoms with Crippen LogP contribution in [0.1, 0.15) is 196 Å². The van der Waals surface area contributed by atoms with Gasteiger partial charge in [-0.15, -0.1) is 0 Å². The number of esters is 8. The molecule has 8 rings (SSSR count). The van der Waals surface area contributed by atoms with Crippen molar-refractivity contribution in [2.24, 2.45) is 0 Å². The Morgan fingerprint density at radius 2 is 0.567 bits per heavy atom. The third kappa shape index (κ3) is 27.3. The lowest BCUT2D eigenvalue weighted by molar-refractivity contribution is 0.00651. The predicted octanol–water partition coefficient (Wildman–Crippen LogP) is 16.2. The highest BCUT2D eigenvalue weighted by atomic mass is 16.6. The van der Waals surface area contributed by atoms with Crippen molar-refractivity contribution in [2.75, 3.05) is 13.2 Å². The van der Waals surface area contributed by atoms with Gasteiger partial charge in [0.15, 0.2) is 0 Å². The maximum Gasteiger partial charge on any atom is 0.343 e. The van der Waals surface area contributed by atoms with Crippen LogP contribution in [-0.2, 0) is 18.9 Å². The molecule has 0 aromatic heterocycles. The Labute approximate surface area is 564 Å². The number of hydrogen-bond donors (Lipinski definition) is 4. The second-order valence-electron chi connectivity index (χ2n) is 22.8. The van der Waals surface area contributed by atoms with Crippen molar-refractivity contribution >= 4 is 47.8 Å². The third-order valence-corrected chi connectivity index (χ3v) is 13.4. The van der Waals surface area contributed by atoms with E-state index in [1.165, 1.54) is 141 Å². The van der Waals surface area contributed by atoms with Crippen molar-refractivity contribution < 1.29 is 96.7 Å². The van der Waals surface area contributed by atoms with E-state index in [1.54, 1.807) is 107 Å². The molecule has 8 aromatic carbocycles. The molecule has 0 saturated carbocycles. The Balaban J connectivity index is 0.000000234. The summed E-state index contributed by atoms with van der Waals surface area (Å²) in [6.45, 7) is 13.7. The van der Waals surface area contributed by atoms with Gasteiger partial charge in [-0.25, -0.2) is 38.4 Å². The van der Waals surface area contributed by atoms with Gasteiger partial charge in [0, 0.05) is 0 Å². The van der Waals surface area contributed by atoms with E-state index < -0.39 is 53.4 Å². The Bertz CT molecular complexity index is 3830. The van der Waals surface area contributed by atoms with Gasteiger partial charge in [0.2, 0.25) is 0 Å². The Morgan fingerprint density at radius 1 is 0.320 bits per heavy atom. The molecule has 0 atom stereocenters. The van der Waals surface area contributed by atoms with Gasteiger partial charge < -0.3 is 58.3 Å². The topological polar surface area (TPSA) is 291 Å². The van der Waals surface area contributed by atoms with Gasteiger partial charge in [-0.1, -0.05) is 114 Å². The molecule has 8 aromatic rings. The Kier molecular flexibility index (Phi) is 31.6. The molecule has 4 N–H and O–H groups in total. The van der Waals surface area contributed by atoms with E-state index in [9.17, 15) is 58.8 Å². The number of benzene rings is 8. The minimum atomic E-state index is -0.648. The van der Waals surface area contributed by atoms with Crippen LogP contribution in [0.2, 0.25) is 0 Å². The molecule has 0 heterocycles. The molecule has 20 nitrogen and oxygen atoms in total. The maximum atomic E-state index is 12.3. The fourth-order valence-corrected chi connectivity index (χ4v) is 8.43. The van der Waals surface area contributed by atoms with Crippen molar-refractivity contribution in [3.63, 3.8) is 0 Å². The van der Waals surface area contributed by atoms with Gasteiger partial charge in [0.1, 0.15) is 73.9 Å². The highest BCUT2D eigenvalue weighted by molar-refractivity contribution is 5.99. The van der Waals surface area contributed by atoms with E-state index in [2.05, 4.69) is 13.8 Å². The molecular weight excluding hydrogens is 1240 g/mol. The summed E-state index contributed by atoms with van der Waals surface area (Å²) < 4.78 is 42.2. The summed E-state index contributed by atoms with van der Waals surface area (Å²) in [6, 6.07) is 48.4. The summed E-state index contributed by atoms with van der Waals surface area (Å²) in [4.78, 5) is 97.3. The van der Waals surface area contributed by atoms with E-state index in [0.717, 1.165) is 44.9 Å². The number of phenols is 4. The molecular formula is C77H82O20. The van der Waals surface area contributed by atoms with Crippen LogP contribution in [0.3, 0.4) is 0 Å². The van der Waals surface area contributed by atoms with Gasteiger partial charge in [-0.3, -0.25) is 0 Å². The summed E-state index contributed by atoms with van der Waals surface area (Å²) >= 11 is 0. The monoisotopic (exact) mass is 1330 g/mol. The largest absolute Gasteiger partial charge is 0.508 e. The molecule has 0 radical (unpaired) electrons. The quantitative estimate of drug-likeness (QED) is 0.0179. The van der Waals surface area contributed by atoms with E-state index in [4.69, 9.17) is 37.9 Å². The lowest BCUT2D eigenvalue weighted by Gasteiger charge is -2.20.